The summed E-state index contributed by atoms with van der Waals surface area (Å²) in [6.07, 6.45) is 5.19. The van der Waals surface area contributed by atoms with Crippen molar-refractivity contribution in [3.8, 4) is 28.3 Å². The van der Waals surface area contributed by atoms with Crippen LogP contribution in [0.1, 0.15) is 22.4 Å². The van der Waals surface area contributed by atoms with Crippen molar-refractivity contribution in [1.82, 2.24) is 20.0 Å². The first-order chi connectivity index (χ1) is 18.3. The molecule has 1 aliphatic carbocycles. The molecule has 2 heterocycles. The molecule has 0 saturated carbocycles. The highest BCUT2D eigenvalue weighted by Crippen LogP contribution is 2.55. The number of pyridine rings is 1. The van der Waals surface area contributed by atoms with E-state index in [1.807, 2.05) is 42.6 Å². The van der Waals surface area contributed by atoms with Gasteiger partial charge in [-0.05, 0) is 64.2 Å². The van der Waals surface area contributed by atoms with Gasteiger partial charge in [-0.3, -0.25) is 4.98 Å². The van der Waals surface area contributed by atoms with Crippen molar-refractivity contribution >= 4 is 0 Å². The summed E-state index contributed by atoms with van der Waals surface area (Å²) < 4.78 is 6.38. The lowest BCUT2D eigenvalue weighted by molar-refractivity contribution is 0.480. The van der Waals surface area contributed by atoms with Gasteiger partial charge in [-0.1, -0.05) is 72.8 Å². The highest BCUT2D eigenvalue weighted by molar-refractivity contribution is 5.85. The summed E-state index contributed by atoms with van der Waals surface area (Å²) in [4.78, 5) is 6.48. The predicted molar refractivity (Wildman–Crippen MR) is 143 cm³/mol. The number of rotatable bonds is 5. The van der Waals surface area contributed by atoms with E-state index in [0.29, 0.717) is 5.75 Å². The molecule has 0 radical (unpaired) electrons. The Hall–Kier alpha value is -5.03. The summed E-state index contributed by atoms with van der Waals surface area (Å²) in [5.74, 6) is 1.46. The summed E-state index contributed by atoms with van der Waals surface area (Å²) in [6, 6.07) is 39.5. The van der Waals surface area contributed by atoms with Crippen molar-refractivity contribution in [2.45, 2.75) is 5.41 Å². The maximum Gasteiger partial charge on any atom is 0.129 e. The average molecular weight is 479 g/mol. The van der Waals surface area contributed by atoms with E-state index in [2.05, 4.69) is 89.1 Å². The Morgan fingerprint density at radius 2 is 1.22 bits per heavy atom. The van der Waals surface area contributed by atoms with Gasteiger partial charge in [-0.25, -0.2) is 0 Å². The van der Waals surface area contributed by atoms with E-state index in [1.165, 1.54) is 22.3 Å². The van der Waals surface area contributed by atoms with Crippen LogP contribution in [-0.4, -0.2) is 20.0 Å². The molecule has 0 saturated heterocycles. The van der Waals surface area contributed by atoms with Crippen LogP contribution in [0.2, 0.25) is 0 Å². The van der Waals surface area contributed by atoms with E-state index < -0.39 is 5.41 Å². The number of aromatic nitrogens is 4. The third-order valence-electron chi connectivity index (χ3n) is 6.97. The van der Waals surface area contributed by atoms with Gasteiger partial charge in [0.15, 0.2) is 0 Å². The molecule has 0 amide bonds. The van der Waals surface area contributed by atoms with Crippen molar-refractivity contribution in [3.63, 3.8) is 0 Å². The van der Waals surface area contributed by atoms with Gasteiger partial charge in [-0.15, -0.1) is 0 Å². The van der Waals surface area contributed by atoms with Crippen LogP contribution in [0.3, 0.4) is 0 Å². The molecule has 0 bridgehead atoms. The van der Waals surface area contributed by atoms with Crippen molar-refractivity contribution in [2.24, 2.45) is 0 Å². The minimum Gasteiger partial charge on any atom is -0.457 e. The normalized spacial score (nSPS) is 13.1. The molecule has 0 spiro atoms. The first-order valence-electron chi connectivity index (χ1n) is 12.2. The third-order valence-corrected chi connectivity index (χ3v) is 6.97. The predicted octanol–water partition coefficient (Wildman–Crippen LogP) is 6.82. The van der Waals surface area contributed by atoms with E-state index in [1.54, 1.807) is 17.2 Å². The first-order valence-corrected chi connectivity index (χ1v) is 12.2. The molecule has 0 N–H and O–H groups in total. The van der Waals surface area contributed by atoms with Crippen LogP contribution in [0.5, 0.6) is 11.5 Å². The van der Waals surface area contributed by atoms with Crippen LogP contribution in [0.15, 0.2) is 134 Å². The Balaban J connectivity index is 1.40. The molecule has 7 rings (SSSR count). The number of fused-ring (bicyclic) bond motifs is 3. The molecule has 0 unspecified atom stereocenters. The minimum atomic E-state index is -0.561. The number of ether oxygens (including phenoxy) is 1. The van der Waals surface area contributed by atoms with E-state index in [-0.39, 0.29) is 0 Å². The second-order valence-electron chi connectivity index (χ2n) is 9.00. The Morgan fingerprint density at radius 3 is 1.92 bits per heavy atom. The molecule has 2 aromatic heterocycles. The Labute approximate surface area is 214 Å². The number of hydrogen-bond acceptors (Lipinski definition) is 4. The molecule has 0 fully saturated rings. The molecular formula is C32H22N4O. The van der Waals surface area contributed by atoms with Gasteiger partial charge in [0.2, 0.25) is 0 Å². The zero-order valence-corrected chi connectivity index (χ0v) is 19.9. The van der Waals surface area contributed by atoms with Gasteiger partial charge in [0.05, 0.1) is 29.2 Å². The molecule has 1 aliphatic rings. The monoisotopic (exact) mass is 478 g/mol. The summed E-state index contributed by atoms with van der Waals surface area (Å²) in [5, 5.41) is 8.46. The van der Waals surface area contributed by atoms with E-state index in [0.717, 1.165) is 22.7 Å². The minimum absolute atomic E-state index is 0.561. The zero-order valence-electron chi connectivity index (χ0n) is 19.9. The fraction of sp³-hybridized carbons (Fsp3) is 0.0312. The molecule has 176 valence electrons. The Bertz CT molecular complexity index is 1670. The van der Waals surface area contributed by atoms with Crippen LogP contribution in [-0.2, 0) is 5.41 Å². The van der Waals surface area contributed by atoms with Gasteiger partial charge < -0.3 is 4.74 Å². The van der Waals surface area contributed by atoms with Crippen LogP contribution in [0.25, 0.3) is 16.8 Å². The fourth-order valence-electron chi connectivity index (χ4n) is 5.50. The van der Waals surface area contributed by atoms with Gasteiger partial charge in [0.25, 0.3) is 0 Å². The van der Waals surface area contributed by atoms with Crippen molar-refractivity contribution in [3.05, 3.63) is 156 Å². The van der Waals surface area contributed by atoms with Gasteiger partial charge in [-0.2, -0.15) is 15.0 Å². The highest BCUT2D eigenvalue weighted by atomic mass is 16.5. The van der Waals surface area contributed by atoms with E-state index in [9.17, 15) is 0 Å². The van der Waals surface area contributed by atoms with Crippen LogP contribution in [0.4, 0.5) is 0 Å². The second-order valence-corrected chi connectivity index (χ2v) is 9.00. The summed E-state index contributed by atoms with van der Waals surface area (Å²) in [6.45, 7) is 0. The molecule has 5 nitrogen and oxygen atoms in total. The van der Waals surface area contributed by atoms with Crippen LogP contribution < -0.4 is 4.74 Å². The number of hydrogen-bond donors (Lipinski definition) is 0. The SMILES string of the molecule is c1ccc(C2(c3cccc(Oc4cccc(-n5nccn5)c4)c3)c3ccccc3-c3ccccc32)nc1. The van der Waals surface area contributed by atoms with Crippen LogP contribution in [0, 0.1) is 0 Å². The summed E-state index contributed by atoms with van der Waals surface area (Å²) >= 11 is 0. The van der Waals surface area contributed by atoms with Gasteiger partial charge in [0, 0.05) is 12.3 Å². The number of nitrogens with zero attached hydrogens (tertiary/aromatic N) is 4. The lowest BCUT2D eigenvalue weighted by Gasteiger charge is -2.32. The second kappa shape index (κ2) is 8.57. The molecule has 0 atom stereocenters. The highest BCUT2D eigenvalue weighted by Gasteiger charge is 2.47. The Morgan fingerprint density at radius 1 is 0.568 bits per heavy atom. The quantitative estimate of drug-likeness (QED) is 0.272. The third kappa shape index (κ3) is 3.36. The molecule has 5 heteroatoms. The molecule has 6 aromatic rings. The maximum atomic E-state index is 6.38. The number of benzene rings is 4. The van der Waals surface area contributed by atoms with Crippen molar-refractivity contribution in [2.75, 3.05) is 0 Å². The standard InChI is InChI=1S/C32H22N4O/c1-3-15-29-27(13-1)28-14-2-4-16-30(28)32(29,31-17-5-6-18-33-31)23-9-7-11-25(21-23)37-26-12-8-10-24(22-26)36-34-19-20-35-36/h1-22H. The Kier molecular flexibility index (Phi) is 4.93. The topological polar surface area (TPSA) is 52.8 Å². The molecular weight excluding hydrogens is 456 g/mol. The largest absolute Gasteiger partial charge is 0.457 e. The van der Waals surface area contributed by atoms with Gasteiger partial charge in [0.1, 0.15) is 11.5 Å². The lowest BCUT2D eigenvalue weighted by atomic mass is 9.70. The van der Waals surface area contributed by atoms with Crippen molar-refractivity contribution < 1.29 is 4.74 Å². The lowest BCUT2D eigenvalue weighted by Crippen LogP contribution is -2.29. The molecule has 4 aromatic carbocycles. The van der Waals surface area contributed by atoms with Crippen molar-refractivity contribution in [1.29, 1.82) is 0 Å². The summed E-state index contributed by atoms with van der Waals surface area (Å²) in [7, 11) is 0. The van der Waals surface area contributed by atoms with Gasteiger partial charge >= 0.3 is 0 Å². The van der Waals surface area contributed by atoms with E-state index in [4.69, 9.17) is 9.72 Å². The fourth-order valence-corrected chi connectivity index (χ4v) is 5.50. The molecule has 0 aliphatic heterocycles. The maximum absolute atomic E-state index is 6.38. The first kappa shape index (κ1) is 21.3. The summed E-state index contributed by atoms with van der Waals surface area (Å²) in [5.41, 5.74) is 7.26. The van der Waals surface area contributed by atoms with Crippen LogP contribution >= 0.6 is 0 Å². The van der Waals surface area contributed by atoms with E-state index >= 15 is 0 Å². The average Bonchev–Trinajstić information content (AvgIpc) is 3.60. The smallest absolute Gasteiger partial charge is 0.129 e. The zero-order chi connectivity index (χ0) is 24.7. The molecule has 37 heavy (non-hydrogen) atoms.